The topological polar surface area (TPSA) is 74.4 Å². The second-order valence-electron chi connectivity index (χ2n) is 6.87. The maximum atomic E-state index is 12.7. The Bertz CT molecular complexity index is 1030. The molecule has 5 nitrogen and oxygen atoms in total. The number of carboxylic acid groups (broad SMARTS) is 1. The van der Waals surface area contributed by atoms with Gasteiger partial charge >= 0.3 is 6.18 Å². The van der Waals surface area contributed by atoms with Crippen molar-refractivity contribution in [1.82, 2.24) is 4.98 Å². The molecule has 0 radical (unpaired) electrons. The summed E-state index contributed by atoms with van der Waals surface area (Å²) < 4.78 is 49.3. The molecule has 0 bridgehead atoms. The van der Waals surface area contributed by atoms with Crippen molar-refractivity contribution in [3.63, 3.8) is 0 Å². The zero-order valence-electron chi connectivity index (χ0n) is 16.5. The number of hydrogen-bond donors (Lipinski definition) is 1. The molecule has 30 heavy (non-hydrogen) atoms. The molecule has 1 atom stereocenters. The molecule has 0 spiro atoms. The highest BCUT2D eigenvalue weighted by atomic mass is 19.4. The van der Waals surface area contributed by atoms with Crippen LogP contribution < -0.4 is 9.84 Å². The summed E-state index contributed by atoms with van der Waals surface area (Å²) in [5.41, 5.74) is 1.66. The Labute approximate surface area is 171 Å². The van der Waals surface area contributed by atoms with Gasteiger partial charge in [0.1, 0.15) is 5.75 Å². The largest absolute Gasteiger partial charge is 0.549 e. The lowest BCUT2D eigenvalue weighted by atomic mass is 9.98. The van der Waals surface area contributed by atoms with Crippen molar-refractivity contribution in [2.24, 2.45) is 0 Å². The smallest absolute Gasteiger partial charge is 0.416 e. The van der Waals surface area contributed by atoms with Crippen LogP contribution in [0.15, 0.2) is 42.5 Å². The fourth-order valence-corrected chi connectivity index (χ4v) is 3.47. The second-order valence-corrected chi connectivity index (χ2v) is 6.87. The van der Waals surface area contributed by atoms with E-state index in [4.69, 9.17) is 9.47 Å². The molecule has 160 valence electrons. The van der Waals surface area contributed by atoms with Gasteiger partial charge in [0, 0.05) is 28.1 Å². The third kappa shape index (κ3) is 4.43. The predicted octanol–water partition coefficient (Wildman–Crippen LogP) is 4.16. The Morgan fingerprint density at radius 2 is 1.83 bits per heavy atom. The summed E-state index contributed by atoms with van der Waals surface area (Å²) in [6.07, 6.45) is -4.07. The zero-order valence-corrected chi connectivity index (χ0v) is 16.5. The van der Waals surface area contributed by atoms with Crippen molar-refractivity contribution in [3.05, 3.63) is 64.8 Å². The molecule has 0 aliphatic carbocycles. The molecule has 0 fully saturated rings. The number of alkyl halides is 3. The lowest BCUT2D eigenvalue weighted by Gasteiger charge is -2.17. The van der Waals surface area contributed by atoms with Crippen LogP contribution in [0, 0.1) is 0 Å². The number of methoxy groups -OCH3 is 1. The number of fused-ring (bicyclic) bond motifs is 1. The number of aliphatic carboxylic acids is 1. The summed E-state index contributed by atoms with van der Waals surface area (Å²) in [5, 5.41) is 12.3. The van der Waals surface area contributed by atoms with Crippen molar-refractivity contribution >= 4 is 16.9 Å². The first-order valence-corrected chi connectivity index (χ1v) is 9.38. The highest BCUT2D eigenvalue weighted by Gasteiger charge is 2.30. The minimum atomic E-state index is -4.39. The molecule has 2 aromatic carbocycles. The summed E-state index contributed by atoms with van der Waals surface area (Å²) in [4.78, 5) is 14.8. The number of H-pyrrole nitrogens is 1. The fraction of sp³-hybridized carbons (Fsp3) is 0.318. The molecular formula is C22H21F3NO4-. The molecule has 0 saturated carbocycles. The quantitative estimate of drug-likeness (QED) is 0.594. The van der Waals surface area contributed by atoms with E-state index in [2.05, 4.69) is 4.98 Å². The number of carboxylic acids is 1. The number of aromatic amines is 1. The van der Waals surface area contributed by atoms with Gasteiger partial charge in [-0.3, -0.25) is 0 Å². The van der Waals surface area contributed by atoms with Gasteiger partial charge < -0.3 is 24.4 Å². The molecular weight excluding hydrogens is 399 g/mol. The predicted molar refractivity (Wildman–Crippen MR) is 103 cm³/mol. The van der Waals surface area contributed by atoms with Crippen molar-refractivity contribution in [2.75, 3.05) is 7.11 Å². The summed E-state index contributed by atoms with van der Waals surface area (Å²) in [6, 6.07) is 10.1. The lowest BCUT2D eigenvalue weighted by molar-refractivity contribution is -0.308. The van der Waals surface area contributed by atoms with Crippen molar-refractivity contribution in [1.29, 1.82) is 0 Å². The molecule has 0 saturated heterocycles. The van der Waals surface area contributed by atoms with E-state index in [1.807, 2.05) is 6.07 Å². The van der Waals surface area contributed by atoms with Crippen LogP contribution in [0.1, 0.15) is 41.6 Å². The molecule has 1 heterocycles. The molecule has 8 heteroatoms. The second kappa shape index (κ2) is 8.79. The van der Waals surface area contributed by atoms with Crippen molar-refractivity contribution < 1.29 is 32.5 Å². The summed E-state index contributed by atoms with van der Waals surface area (Å²) in [6.45, 7) is 1.87. The minimum Gasteiger partial charge on any atom is -0.549 e. The molecule has 0 amide bonds. The van der Waals surface area contributed by atoms with E-state index in [0.29, 0.717) is 39.9 Å². The Hall–Kier alpha value is -3.00. The van der Waals surface area contributed by atoms with E-state index in [1.165, 1.54) is 19.2 Å². The van der Waals surface area contributed by atoms with Gasteiger partial charge in [-0.05, 0) is 36.2 Å². The summed E-state index contributed by atoms with van der Waals surface area (Å²) in [5.74, 6) is -1.49. The molecule has 3 aromatic rings. The average molecular weight is 420 g/mol. The van der Waals surface area contributed by atoms with Gasteiger partial charge in [0.25, 0.3) is 0 Å². The van der Waals surface area contributed by atoms with Crippen LogP contribution in [-0.4, -0.2) is 18.1 Å². The Balaban J connectivity index is 1.88. The number of nitrogens with one attached hydrogen (secondary N) is 1. The Morgan fingerprint density at radius 1 is 1.13 bits per heavy atom. The van der Waals surface area contributed by atoms with E-state index in [-0.39, 0.29) is 13.2 Å². The number of carbonyl (C=O) groups is 1. The highest BCUT2D eigenvalue weighted by molar-refractivity contribution is 5.92. The standard InChI is InChI=1S/C22H22F3NO4/c1-3-15(21(27)28)20-16(19-17(26-20)5-4-6-18(19)29-2)12-30-11-13-7-9-14(10-8-13)22(23,24)25/h4-10,15,26H,3,11-12H2,1-2H3,(H,27,28)/p-1. The number of rotatable bonds is 8. The summed E-state index contributed by atoms with van der Waals surface area (Å²) in [7, 11) is 1.52. The van der Waals surface area contributed by atoms with Crippen LogP contribution >= 0.6 is 0 Å². The number of carbonyl (C=O) groups excluding carboxylic acids is 1. The van der Waals surface area contributed by atoms with E-state index in [0.717, 1.165) is 12.1 Å². The molecule has 1 aromatic heterocycles. The Kier molecular flexibility index (Phi) is 6.36. The highest BCUT2D eigenvalue weighted by Crippen LogP contribution is 2.36. The first-order valence-electron chi connectivity index (χ1n) is 9.38. The zero-order chi connectivity index (χ0) is 21.9. The minimum absolute atomic E-state index is 0.0561. The fourth-order valence-electron chi connectivity index (χ4n) is 3.47. The summed E-state index contributed by atoms with van der Waals surface area (Å²) >= 11 is 0. The van der Waals surface area contributed by atoms with Crippen LogP contribution in [0.5, 0.6) is 5.75 Å². The van der Waals surface area contributed by atoms with Crippen LogP contribution in [0.25, 0.3) is 10.9 Å². The van der Waals surface area contributed by atoms with E-state index in [9.17, 15) is 23.1 Å². The first kappa shape index (κ1) is 21.7. The van der Waals surface area contributed by atoms with Gasteiger partial charge in [-0.1, -0.05) is 25.1 Å². The van der Waals surface area contributed by atoms with Gasteiger partial charge in [0.15, 0.2) is 0 Å². The first-order chi connectivity index (χ1) is 14.3. The van der Waals surface area contributed by atoms with Gasteiger partial charge in [-0.2, -0.15) is 13.2 Å². The number of ether oxygens (including phenoxy) is 2. The van der Waals surface area contributed by atoms with E-state index < -0.39 is 23.6 Å². The van der Waals surface area contributed by atoms with Gasteiger partial charge in [0.2, 0.25) is 0 Å². The number of halogens is 3. The van der Waals surface area contributed by atoms with Crippen LogP contribution in [0.2, 0.25) is 0 Å². The van der Waals surface area contributed by atoms with E-state index in [1.54, 1.807) is 19.1 Å². The van der Waals surface area contributed by atoms with Crippen LogP contribution in [0.4, 0.5) is 13.2 Å². The SMILES string of the molecule is CCC(C(=O)[O-])c1[nH]c2cccc(OC)c2c1COCc1ccc(C(F)(F)F)cc1. The maximum Gasteiger partial charge on any atom is 0.416 e. The van der Waals surface area contributed by atoms with Gasteiger partial charge in [-0.25, -0.2) is 0 Å². The number of aromatic nitrogens is 1. The van der Waals surface area contributed by atoms with E-state index >= 15 is 0 Å². The Morgan fingerprint density at radius 3 is 2.40 bits per heavy atom. The van der Waals surface area contributed by atoms with Crippen molar-refractivity contribution in [2.45, 2.75) is 38.7 Å². The third-order valence-corrected chi connectivity index (χ3v) is 4.98. The molecule has 0 aliphatic rings. The van der Waals surface area contributed by atoms with Crippen molar-refractivity contribution in [3.8, 4) is 5.75 Å². The molecule has 3 rings (SSSR count). The average Bonchev–Trinajstić information content (AvgIpc) is 3.06. The molecule has 1 unspecified atom stereocenters. The monoisotopic (exact) mass is 420 g/mol. The maximum absolute atomic E-state index is 12.7. The molecule has 1 N–H and O–H groups in total. The van der Waals surface area contributed by atoms with Crippen LogP contribution in [-0.2, 0) is 28.9 Å². The molecule has 0 aliphatic heterocycles. The number of hydrogen-bond acceptors (Lipinski definition) is 4. The van der Waals surface area contributed by atoms with Gasteiger partial charge in [0.05, 0.1) is 31.9 Å². The third-order valence-electron chi connectivity index (χ3n) is 4.98. The normalized spacial score (nSPS) is 12.8. The lowest BCUT2D eigenvalue weighted by Crippen LogP contribution is -2.30. The number of benzene rings is 2. The van der Waals surface area contributed by atoms with Gasteiger partial charge in [-0.15, -0.1) is 0 Å². The van der Waals surface area contributed by atoms with Crippen LogP contribution in [0.3, 0.4) is 0 Å².